The number of ether oxygens (including phenoxy) is 1. The first-order valence-corrected chi connectivity index (χ1v) is 10.7. The molecule has 150 valence electrons. The van der Waals surface area contributed by atoms with Crippen LogP contribution in [-0.4, -0.2) is 25.9 Å². The number of hydrogen-bond acceptors (Lipinski definition) is 5. The third-order valence-corrected chi connectivity index (χ3v) is 5.41. The first kappa shape index (κ1) is 21.0. The summed E-state index contributed by atoms with van der Waals surface area (Å²) in [4.78, 5) is 16.2. The standard InChI is InChI=1S/C21H19ClN2O4S/c1-15-7-8-17-12-18(21(22)24-19(17)11-15)14-28-20(25)13-23-29(26,27)10-9-16-5-3-2-4-6-16/h2-12,23H,13-14H2,1H3/b10-9+. The molecule has 0 radical (unpaired) electrons. The molecule has 0 saturated carbocycles. The highest BCUT2D eigenvalue weighted by molar-refractivity contribution is 7.92. The summed E-state index contributed by atoms with van der Waals surface area (Å²) in [7, 11) is -3.77. The van der Waals surface area contributed by atoms with Gasteiger partial charge in [0, 0.05) is 16.4 Å². The quantitative estimate of drug-likeness (QED) is 0.454. The van der Waals surface area contributed by atoms with Crippen LogP contribution in [0.1, 0.15) is 16.7 Å². The van der Waals surface area contributed by atoms with Gasteiger partial charge in [0.05, 0.1) is 5.52 Å². The second kappa shape index (κ2) is 9.17. The van der Waals surface area contributed by atoms with Gasteiger partial charge in [-0.15, -0.1) is 0 Å². The molecule has 1 aromatic heterocycles. The van der Waals surface area contributed by atoms with E-state index in [-0.39, 0.29) is 11.8 Å². The lowest BCUT2D eigenvalue weighted by molar-refractivity contribution is -0.143. The van der Waals surface area contributed by atoms with Crippen molar-refractivity contribution in [1.82, 2.24) is 9.71 Å². The predicted octanol–water partition coefficient (Wildman–Crippen LogP) is 3.83. The number of carbonyl (C=O) groups is 1. The Morgan fingerprint density at radius 1 is 1.17 bits per heavy atom. The largest absolute Gasteiger partial charge is 0.460 e. The van der Waals surface area contributed by atoms with Crippen molar-refractivity contribution < 1.29 is 17.9 Å². The monoisotopic (exact) mass is 430 g/mol. The predicted molar refractivity (Wildman–Crippen MR) is 114 cm³/mol. The Morgan fingerprint density at radius 3 is 2.69 bits per heavy atom. The van der Waals surface area contributed by atoms with Gasteiger partial charge in [0.15, 0.2) is 0 Å². The van der Waals surface area contributed by atoms with Crippen LogP contribution in [0.25, 0.3) is 17.0 Å². The zero-order chi connectivity index (χ0) is 20.9. The van der Waals surface area contributed by atoms with E-state index in [9.17, 15) is 13.2 Å². The van der Waals surface area contributed by atoms with Crippen LogP contribution in [0.5, 0.6) is 0 Å². The van der Waals surface area contributed by atoms with E-state index >= 15 is 0 Å². The zero-order valence-electron chi connectivity index (χ0n) is 15.6. The number of sulfonamides is 1. The van der Waals surface area contributed by atoms with E-state index in [1.54, 1.807) is 30.3 Å². The molecular formula is C21H19ClN2O4S. The Morgan fingerprint density at radius 2 is 1.93 bits per heavy atom. The van der Waals surface area contributed by atoms with Crippen molar-refractivity contribution in [1.29, 1.82) is 0 Å². The average molecular weight is 431 g/mol. The van der Waals surface area contributed by atoms with Crippen molar-refractivity contribution >= 4 is 44.6 Å². The molecule has 6 nitrogen and oxygen atoms in total. The van der Waals surface area contributed by atoms with Crippen molar-refractivity contribution in [2.24, 2.45) is 0 Å². The van der Waals surface area contributed by atoms with Gasteiger partial charge in [-0.1, -0.05) is 54.1 Å². The lowest BCUT2D eigenvalue weighted by atomic mass is 10.1. The van der Waals surface area contributed by atoms with E-state index in [4.69, 9.17) is 16.3 Å². The highest BCUT2D eigenvalue weighted by atomic mass is 35.5. The smallest absolute Gasteiger partial charge is 0.321 e. The molecule has 1 N–H and O–H groups in total. The van der Waals surface area contributed by atoms with Crippen molar-refractivity contribution in [3.63, 3.8) is 0 Å². The maximum Gasteiger partial charge on any atom is 0.321 e. The van der Waals surface area contributed by atoms with E-state index < -0.39 is 22.5 Å². The highest BCUT2D eigenvalue weighted by Crippen LogP contribution is 2.22. The zero-order valence-corrected chi connectivity index (χ0v) is 17.2. The molecule has 0 spiro atoms. The van der Waals surface area contributed by atoms with Crippen LogP contribution >= 0.6 is 11.6 Å². The summed E-state index contributed by atoms with van der Waals surface area (Å²) < 4.78 is 31.3. The number of aromatic nitrogens is 1. The number of esters is 1. The summed E-state index contributed by atoms with van der Waals surface area (Å²) in [6.45, 7) is 1.37. The fourth-order valence-electron chi connectivity index (χ4n) is 2.55. The maximum absolute atomic E-state index is 12.0. The van der Waals surface area contributed by atoms with Crippen LogP contribution in [0, 0.1) is 6.92 Å². The van der Waals surface area contributed by atoms with Gasteiger partial charge in [0.2, 0.25) is 10.0 Å². The number of fused-ring (bicyclic) bond motifs is 1. The molecular weight excluding hydrogens is 412 g/mol. The van der Waals surface area contributed by atoms with Gasteiger partial charge in [-0.05, 0) is 36.3 Å². The Bertz CT molecular complexity index is 1160. The molecule has 0 amide bonds. The summed E-state index contributed by atoms with van der Waals surface area (Å²) in [5.41, 5.74) is 3.09. The number of rotatable bonds is 7. The minimum absolute atomic E-state index is 0.101. The van der Waals surface area contributed by atoms with E-state index in [0.29, 0.717) is 5.56 Å². The minimum Gasteiger partial charge on any atom is -0.460 e. The number of nitrogens with zero attached hydrogens (tertiary/aromatic N) is 1. The lowest BCUT2D eigenvalue weighted by Gasteiger charge is -2.08. The highest BCUT2D eigenvalue weighted by Gasteiger charge is 2.12. The third kappa shape index (κ3) is 6.12. The molecule has 2 aromatic carbocycles. The molecule has 0 aliphatic heterocycles. The van der Waals surface area contributed by atoms with Gasteiger partial charge in [-0.2, -0.15) is 0 Å². The van der Waals surface area contributed by atoms with Crippen molar-refractivity contribution in [2.45, 2.75) is 13.5 Å². The van der Waals surface area contributed by atoms with E-state index in [2.05, 4.69) is 9.71 Å². The molecule has 0 unspecified atom stereocenters. The van der Waals surface area contributed by atoms with Crippen LogP contribution in [0.4, 0.5) is 0 Å². The fourth-order valence-corrected chi connectivity index (χ4v) is 3.50. The number of aryl methyl sites for hydroxylation is 1. The van der Waals surface area contributed by atoms with Crippen LogP contribution in [0.3, 0.4) is 0 Å². The molecule has 0 bridgehead atoms. The number of hydrogen-bond donors (Lipinski definition) is 1. The topological polar surface area (TPSA) is 85.4 Å². The number of carbonyl (C=O) groups excluding carboxylic acids is 1. The van der Waals surface area contributed by atoms with Crippen LogP contribution in [0.15, 0.2) is 60.0 Å². The third-order valence-electron chi connectivity index (χ3n) is 4.04. The molecule has 3 rings (SSSR count). The SMILES string of the molecule is Cc1ccc2cc(COC(=O)CNS(=O)(=O)/C=C/c3ccccc3)c(Cl)nc2c1. The Kier molecular flexibility index (Phi) is 6.64. The molecule has 0 aliphatic carbocycles. The lowest BCUT2D eigenvalue weighted by Crippen LogP contribution is -2.29. The first-order valence-electron chi connectivity index (χ1n) is 8.77. The van der Waals surface area contributed by atoms with Gasteiger partial charge in [0.1, 0.15) is 18.3 Å². The molecule has 8 heteroatoms. The maximum atomic E-state index is 12.0. The number of halogens is 1. The molecule has 0 aliphatic rings. The second-order valence-electron chi connectivity index (χ2n) is 6.37. The Labute approximate surface area is 174 Å². The molecule has 1 heterocycles. The van der Waals surface area contributed by atoms with Crippen molar-refractivity contribution in [3.05, 3.63) is 81.8 Å². The second-order valence-corrected chi connectivity index (χ2v) is 8.38. The molecule has 0 atom stereocenters. The van der Waals surface area contributed by atoms with Gasteiger partial charge >= 0.3 is 5.97 Å². The number of nitrogens with one attached hydrogen (secondary N) is 1. The molecule has 0 fully saturated rings. The van der Waals surface area contributed by atoms with Crippen LogP contribution in [0.2, 0.25) is 5.15 Å². The van der Waals surface area contributed by atoms with Gasteiger partial charge in [-0.25, -0.2) is 18.1 Å². The Balaban J connectivity index is 1.56. The van der Waals surface area contributed by atoms with Crippen molar-refractivity contribution in [2.75, 3.05) is 6.54 Å². The molecule has 3 aromatic rings. The van der Waals surface area contributed by atoms with Crippen LogP contribution in [-0.2, 0) is 26.2 Å². The van der Waals surface area contributed by atoms with Gasteiger partial charge in [-0.3, -0.25) is 4.79 Å². The normalized spacial score (nSPS) is 11.8. The summed E-state index contributed by atoms with van der Waals surface area (Å²) >= 11 is 6.17. The average Bonchev–Trinajstić information content (AvgIpc) is 2.70. The van der Waals surface area contributed by atoms with E-state index in [1.807, 2.05) is 31.2 Å². The first-order chi connectivity index (χ1) is 13.8. The molecule has 0 saturated heterocycles. The Hall–Kier alpha value is -2.74. The number of benzene rings is 2. The van der Waals surface area contributed by atoms with Crippen molar-refractivity contribution in [3.8, 4) is 0 Å². The number of pyridine rings is 1. The summed E-state index contributed by atoms with van der Waals surface area (Å²) in [5, 5.41) is 2.11. The molecule has 29 heavy (non-hydrogen) atoms. The van der Waals surface area contributed by atoms with Gasteiger partial charge < -0.3 is 4.74 Å². The summed E-state index contributed by atoms with van der Waals surface area (Å²) in [6.07, 6.45) is 1.44. The van der Waals surface area contributed by atoms with Gasteiger partial charge in [0.25, 0.3) is 0 Å². The van der Waals surface area contributed by atoms with E-state index in [0.717, 1.165) is 27.4 Å². The summed E-state index contributed by atoms with van der Waals surface area (Å²) in [6, 6.07) is 16.5. The minimum atomic E-state index is -3.77. The van der Waals surface area contributed by atoms with Crippen LogP contribution < -0.4 is 4.72 Å². The van der Waals surface area contributed by atoms with E-state index in [1.165, 1.54) is 6.08 Å². The fraction of sp³-hybridized carbons (Fsp3) is 0.143. The summed E-state index contributed by atoms with van der Waals surface area (Å²) in [5.74, 6) is -0.721.